The van der Waals surface area contributed by atoms with Gasteiger partial charge in [0.05, 0.1) is 0 Å². The molecule has 140 valence electrons. The highest BCUT2D eigenvalue weighted by Gasteiger charge is 2.25. The molecule has 0 bridgehead atoms. The van der Waals surface area contributed by atoms with Crippen LogP contribution in [0.5, 0.6) is 0 Å². The van der Waals surface area contributed by atoms with Crippen LogP contribution in [0.2, 0.25) is 5.02 Å². The van der Waals surface area contributed by atoms with Crippen molar-refractivity contribution < 1.29 is 4.79 Å². The minimum Gasteiger partial charge on any atom is -0.326 e. The summed E-state index contributed by atoms with van der Waals surface area (Å²) in [6.45, 7) is 2.66. The quantitative estimate of drug-likeness (QED) is 0.731. The number of anilines is 1. The smallest absolute Gasteiger partial charge is 0.225 e. The lowest BCUT2D eigenvalue weighted by Crippen LogP contribution is -2.37. The molecule has 0 saturated carbocycles. The first-order valence-electron chi connectivity index (χ1n) is 9.26. The number of likely N-dealkylation sites (tertiary alicyclic amines) is 1. The highest BCUT2D eigenvalue weighted by atomic mass is 35.5. The van der Waals surface area contributed by atoms with Crippen LogP contribution in [-0.2, 0) is 4.79 Å². The van der Waals surface area contributed by atoms with Crippen LogP contribution in [0.1, 0.15) is 31.0 Å². The van der Waals surface area contributed by atoms with E-state index < -0.39 is 0 Å². The van der Waals surface area contributed by atoms with Gasteiger partial charge in [0.25, 0.3) is 0 Å². The Morgan fingerprint density at radius 2 is 2.04 bits per heavy atom. The van der Waals surface area contributed by atoms with Crippen molar-refractivity contribution in [3.05, 3.63) is 59.5 Å². The van der Waals surface area contributed by atoms with Gasteiger partial charge in [-0.3, -0.25) is 9.20 Å². The monoisotopic (exact) mass is 383 g/mol. The zero-order valence-electron chi connectivity index (χ0n) is 15.0. The van der Waals surface area contributed by atoms with Crippen molar-refractivity contribution in [1.29, 1.82) is 0 Å². The molecule has 1 amide bonds. The van der Waals surface area contributed by atoms with Crippen LogP contribution in [0.25, 0.3) is 5.65 Å². The van der Waals surface area contributed by atoms with Crippen LogP contribution in [-0.4, -0.2) is 45.0 Å². The Balaban J connectivity index is 1.33. The van der Waals surface area contributed by atoms with Crippen LogP contribution in [0.3, 0.4) is 0 Å². The third-order valence-electron chi connectivity index (χ3n) is 4.99. The molecule has 1 saturated heterocycles. The number of amides is 1. The number of aromatic nitrogens is 3. The molecule has 1 N–H and O–H groups in total. The molecule has 0 aliphatic carbocycles. The Kier molecular flexibility index (Phi) is 5.36. The summed E-state index contributed by atoms with van der Waals surface area (Å²) in [5, 5.41) is 12.3. The lowest BCUT2D eigenvalue weighted by atomic mass is 9.97. The second-order valence-corrected chi connectivity index (χ2v) is 7.37. The summed E-state index contributed by atoms with van der Waals surface area (Å²) in [4.78, 5) is 14.6. The van der Waals surface area contributed by atoms with Crippen molar-refractivity contribution in [3.63, 3.8) is 0 Å². The third kappa shape index (κ3) is 4.28. The predicted octanol–water partition coefficient (Wildman–Crippen LogP) is 3.59. The van der Waals surface area contributed by atoms with E-state index in [4.69, 9.17) is 11.6 Å². The maximum absolute atomic E-state index is 12.2. The van der Waals surface area contributed by atoms with Gasteiger partial charge >= 0.3 is 0 Å². The molecule has 4 rings (SSSR count). The van der Waals surface area contributed by atoms with Crippen LogP contribution < -0.4 is 5.32 Å². The van der Waals surface area contributed by atoms with E-state index in [-0.39, 0.29) is 5.91 Å². The molecule has 7 heteroatoms. The predicted molar refractivity (Wildman–Crippen MR) is 106 cm³/mol. The minimum atomic E-state index is 0.0207. The average molecular weight is 384 g/mol. The van der Waals surface area contributed by atoms with Gasteiger partial charge < -0.3 is 10.2 Å². The van der Waals surface area contributed by atoms with E-state index in [1.165, 1.54) is 0 Å². The van der Waals surface area contributed by atoms with Gasteiger partial charge in [0.15, 0.2) is 5.65 Å². The zero-order valence-corrected chi connectivity index (χ0v) is 15.8. The summed E-state index contributed by atoms with van der Waals surface area (Å²) in [5.41, 5.74) is 1.66. The summed E-state index contributed by atoms with van der Waals surface area (Å²) in [7, 11) is 0. The Morgan fingerprint density at radius 3 is 2.89 bits per heavy atom. The van der Waals surface area contributed by atoms with E-state index in [9.17, 15) is 4.79 Å². The first-order valence-corrected chi connectivity index (χ1v) is 9.64. The van der Waals surface area contributed by atoms with Crippen molar-refractivity contribution in [3.8, 4) is 0 Å². The van der Waals surface area contributed by atoms with Gasteiger partial charge in [-0.15, -0.1) is 10.2 Å². The molecule has 0 unspecified atom stereocenters. The summed E-state index contributed by atoms with van der Waals surface area (Å²) in [5.74, 6) is 1.38. The second-order valence-electron chi connectivity index (χ2n) is 6.93. The van der Waals surface area contributed by atoms with E-state index in [1.54, 1.807) is 12.1 Å². The maximum atomic E-state index is 12.2. The molecular formula is C20H22ClN5O. The summed E-state index contributed by atoms with van der Waals surface area (Å²) in [6, 6.07) is 13.1. The number of hydrogen-bond donors (Lipinski definition) is 1. The van der Waals surface area contributed by atoms with Crippen LogP contribution in [0, 0.1) is 0 Å². The maximum Gasteiger partial charge on any atom is 0.225 e. The first-order chi connectivity index (χ1) is 13.2. The molecule has 1 aromatic carbocycles. The topological polar surface area (TPSA) is 62.5 Å². The fourth-order valence-corrected chi connectivity index (χ4v) is 3.75. The summed E-state index contributed by atoms with van der Waals surface area (Å²) < 4.78 is 2.07. The van der Waals surface area contributed by atoms with Gasteiger partial charge in [-0.2, -0.15) is 0 Å². The number of rotatable bonds is 5. The van der Waals surface area contributed by atoms with E-state index in [0.717, 1.165) is 49.6 Å². The number of carbonyl (C=O) groups excluding carboxylic acids is 1. The number of benzene rings is 1. The molecule has 1 aliphatic rings. The van der Waals surface area contributed by atoms with Crippen LogP contribution in [0.15, 0.2) is 48.7 Å². The van der Waals surface area contributed by atoms with Crippen molar-refractivity contribution in [2.24, 2.45) is 0 Å². The molecule has 1 atom stereocenters. The Labute approximate surface area is 163 Å². The van der Waals surface area contributed by atoms with E-state index >= 15 is 0 Å². The highest BCUT2D eigenvalue weighted by molar-refractivity contribution is 6.30. The number of pyridine rings is 1. The highest BCUT2D eigenvalue weighted by Crippen LogP contribution is 2.26. The summed E-state index contributed by atoms with van der Waals surface area (Å²) >= 11 is 5.87. The van der Waals surface area contributed by atoms with E-state index in [0.29, 0.717) is 17.4 Å². The number of piperidine rings is 1. The van der Waals surface area contributed by atoms with Crippen molar-refractivity contribution in [2.75, 3.05) is 25.0 Å². The van der Waals surface area contributed by atoms with Gasteiger partial charge in [-0.25, -0.2) is 0 Å². The SMILES string of the molecule is O=C(CCN1CCC[C@H](c2nnc3ccccn23)C1)Nc1ccc(Cl)cc1. The minimum absolute atomic E-state index is 0.0207. The normalized spacial score (nSPS) is 17.9. The van der Waals surface area contributed by atoms with Crippen molar-refractivity contribution >= 4 is 28.8 Å². The van der Waals surface area contributed by atoms with Crippen LogP contribution >= 0.6 is 11.6 Å². The average Bonchev–Trinajstić information content (AvgIpc) is 3.13. The number of nitrogens with one attached hydrogen (secondary N) is 1. The molecule has 3 heterocycles. The fourth-order valence-electron chi connectivity index (χ4n) is 3.62. The van der Waals surface area contributed by atoms with Crippen LogP contribution in [0.4, 0.5) is 5.69 Å². The lowest BCUT2D eigenvalue weighted by molar-refractivity contribution is -0.116. The number of halogens is 1. The van der Waals surface area contributed by atoms with Gasteiger partial charge in [-0.05, 0) is 55.8 Å². The second kappa shape index (κ2) is 8.06. The summed E-state index contributed by atoms with van der Waals surface area (Å²) in [6.07, 6.45) is 4.69. The molecule has 3 aromatic rings. The molecule has 1 aliphatic heterocycles. The molecule has 1 fully saturated rings. The van der Waals surface area contributed by atoms with Crippen molar-refractivity contribution in [2.45, 2.75) is 25.2 Å². The third-order valence-corrected chi connectivity index (χ3v) is 5.25. The Morgan fingerprint density at radius 1 is 1.19 bits per heavy atom. The molecule has 2 aromatic heterocycles. The standard InChI is InChI=1S/C20H22ClN5O/c21-16-6-8-17(9-7-16)22-19(27)10-13-25-11-3-4-15(14-25)20-24-23-18-5-1-2-12-26(18)20/h1-2,5-9,12,15H,3-4,10-11,13-14H2,(H,22,27)/t15-/m0/s1. The van der Waals surface area contributed by atoms with E-state index in [1.807, 2.05) is 36.5 Å². The van der Waals surface area contributed by atoms with Gasteiger partial charge in [0.1, 0.15) is 5.82 Å². The van der Waals surface area contributed by atoms with E-state index in [2.05, 4.69) is 24.8 Å². The fraction of sp³-hybridized carbons (Fsp3) is 0.350. The molecule has 6 nitrogen and oxygen atoms in total. The number of hydrogen-bond acceptors (Lipinski definition) is 4. The van der Waals surface area contributed by atoms with Crippen molar-refractivity contribution in [1.82, 2.24) is 19.5 Å². The molecule has 0 radical (unpaired) electrons. The number of nitrogens with zero attached hydrogens (tertiary/aromatic N) is 4. The zero-order chi connectivity index (χ0) is 18.6. The van der Waals surface area contributed by atoms with Gasteiger partial charge in [0, 0.05) is 42.3 Å². The molecule has 0 spiro atoms. The largest absolute Gasteiger partial charge is 0.326 e. The van der Waals surface area contributed by atoms with Gasteiger partial charge in [-0.1, -0.05) is 17.7 Å². The molecular weight excluding hydrogens is 362 g/mol. The Bertz CT molecular complexity index is 924. The first kappa shape index (κ1) is 17.9. The number of fused-ring (bicyclic) bond motifs is 1. The lowest BCUT2D eigenvalue weighted by Gasteiger charge is -2.31. The number of carbonyl (C=O) groups is 1. The Hall–Kier alpha value is -2.44. The molecule has 27 heavy (non-hydrogen) atoms. The van der Waals surface area contributed by atoms with Gasteiger partial charge in [0.2, 0.25) is 5.91 Å².